The van der Waals surface area contributed by atoms with Crippen molar-refractivity contribution in [2.75, 3.05) is 0 Å². The lowest BCUT2D eigenvalue weighted by atomic mass is 10.1. The molecule has 0 aliphatic carbocycles. The Hall–Kier alpha value is -1.88. The van der Waals surface area contributed by atoms with E-state index in [9.17, 15) is 9.59 Å². The lowest BCUT2D eigenvalue weighted by molar-refractivity contribution is -0.134. The molecule has 0 amide bonds. The van der Waals surface area contributed by atoms with Gasteiger partial charge < -0.3 is 15.6 Å². The van der Waals surface area contributed by atoms with Crippen molar-refractivity contribution in [3.63, 3.8) is 0 Å². The molecule has 0 aromatic heterocycles. The highest BCUT2D eigenvalue weighted by molar-refractivity contribution is 5.91. The Morgan fingerprint density at radius 3 is 2.60 bits per heavy atom. The van der Waals surface area contributed by atoms with Crippen molar-refractivity contribution in [2.45, 2.75) is 45.1 Å². The molecule has 0 spiro atoms. The van der Waals surface area contributed by atoms with Crippen molar-refractivity contribution in [2.24, 2.45) is 5.73 Å². The van der Waals surface area contributed by atoms with Crippen LogP contribution < -0.4 is 10.5 Å². The van der Waals surface area contributed by atoms with Gasteiger partial charge in [-0.15, -0.1) is 0 Å². The van der Waals surface area contributed by atoms with Crippen LogP contribution in [0.4, 0.5) is 0 Å². The van der Waals surface area contributed by atoms with E-state index in [1.54, 1.807) is 12.1 Å². The first-order valence-corrected chi connectivity index (χ1v) is 6.79. The quantitative estimate of drug-likeness (QED) is 0.433. The van der Waals surface area contributed by atoms with E-state index in [1.165, 1.54) is 12.1 Å². The number of benzene rings is 1. The average molecular weight is 279 g/mol. The van der Waals surface area contributed by atoms with E-state index in [2.05, 4.69) is 0 Å². The molecular formula is C15H21NO4. The van der Waals surface area contributed by atoms with Crippen LogP contribution in [0.2, 0.25) is 0 Å². The third-order valence-corrected chi connectivity index (χ3v) is 2.88. The van der Waals surface area contributed by atoms with Gasteiger partial charge in [-0.1, -0.05) is 25.0 Å². The Morgan fingerprint density at radius 2 is 1.95 bits per heavy atom. The number of nitrogens with two attached hydrogens (primary N) is 1. The molecule has 1 atom stereocenters. The Balaban J connectivity index is 2.37. The fourth-order valence-corrected chi connectivity index (χ4v) is 1.82. The average Bonchev–Trinajstić information content (AvgIpc) is 2.38. The van der Waals surface area contributed by atoms with Crippen LogP contribution in [-0.2, 0) is 4.79 Å². The summed E-state index contributed by atoms with van der Waals surface area (Å²) in [6, 6.07) is 6.31. The minimum absolute atomic E-state index is 0.00203. The number of carboxylic acids is 1. The number of aromatic carboxylic acids is 1. The van der Waals surface area contributed by atoms with Crippen molar-refractivity contribution < 1.29 is 19.4 Å². The molecule has 0 aliphatic heterocycles. The van der Waals surface area contributed by atoms with Gasteiger partial charge in [0.1, 0.15) is 11.3 Å². The predicted molar refractivity (Wildman–Crippen MR) is 75.8 cm³/mol. The Kier molecular flexibility index (Phi) is 6.73. The maximum Gasteiger partial charge on any atom is 0.339 e. The smallest absolute Gasteiger partial charge is 0.339 e. The number of esters is 1. The summed E-state index contributed by atoms with van der Waals surface area (Å²) in [7, 11) is 0. The number of carbonyl (C=O) groups is 2. The molecule has 0 bridgehead atoms. The molecule has 0 fully saturated rings. The molecule has 1 aromatic rings. The molecule has 0 aliphatic rings. The summed E-state index contributed by atoms with van der Waals surface area (Å²) >= 11 is 0. The van der Waals surface area contributed by atoms with E-state index < -0.39 is 11.9 Å². The van der Waals surface area contributed by atoms with E-state index in [0.717, 1.165) is 25.7 Å². The lowest BCUT2D eigenvalue weighted by Crippen LogP contribution is -2.14. The van der Waals surface area contributed by atoms with Crippen molar-refractivity contribution in [3.05, 3.63) is 29.8 Å². The van der Waals surface area contributed by atoms with Gasteiger partial charge in [-0.2, -0.15) is 0 Å². The van der Waals surface area contributed by atoms with Gasteiger partial charge in [-0.25, -0.2) is 4.79 Å². The maximum absolute atomic E-state index is 11.6. The molecule has 1 aromatic carbocycles. The molecule has 0 saturated heterocycles. The molecule has 1 unspecified atom stereocenters. The highest BCUT2D eigenvalue weighted by atomic mass is 16.5. The normalized spacial score (nSPS) is 11.9. The zero-order valence-corrected chi connectivity index (χ0v) is 11.7. The van der Waals surface area contributed by atoms with Crippen LogP contribution in [-0.4, -0.2) is 23.1 Å². The fourth-order valence-electron chi connectivity index (χ4n) is 1.82. The Morgan fingerprint density at radius 1 is 1.25 bits per heavy atom. The number of ether oxygens (including phenoxy) is 1. The van der Waals surface area contributed by atoms with Crippen molar-refractivity contribution in [1.82, 2.24) is 0 Å². The largest absolute Gasteiger partial charge is 0.478 e. The molecule has 1 rings (SSSR count). The van der Waals surface area contributed by atoms with Gasteiger partial charge in [0.15, 0.2) is 0 Å². The minimum atomic E-state index is -1.11. The second-order valence-electron chi connectivity index (χ2n) is 4.85. The summed E-state index contributed by atoms with van der Waals surface area (Å²) in [5, 5.41) is 8.97. The van der Waals surface area contributed by atoms with E-state index in [1.807, 2.05) is 6.92 Å². The second-order valence-corrected chi connectivity index (χ2v) is 4.85. The predicted octanol–water partition coefficient (Wildman–Crippen LogP) is 2.59. The van der Waals surface area contributed by atoms with Crippen LogP contribution >= 0.6 is 0 Å². The first-order chi connectivity index (χ1) is 9.50. The van der Waals surface area contributed by atoms with Crippen LogP contribution in [0.25, 0.3) is 0 Å². The SMILES string of the molecule is CC(N)CCCCCC(=O)Oc1ccccc1C(=O)O. The maximum atomic E-state index is 11.6. The zero-order chi connectivity index (χ0) is 15.0. The van der Waals surface area contributed by atoms with Crippen molar-refractivity contribution in [1.29, 1.82) is 0 Å². The van der Waals surface area contributed by atoms with E-state index >= 15 is 0 Å². The van der Waals surface area contributed by atoms with Crippen LogP contribution in [0.1, 0.15) is 49.4 Å². The second kappa shape index (κ2) is 8.32. The number of carbonyl (C=O) groups excluding carboxylic acids is 1. The van der Waals surface area contributed by atoms with Gasteiger partial charge >= 0.3 is 11.9 Å². The van der Waals surface area contributed by atoms with Gasteiger partial charge in [-0.05, 0) is 31.9 Å². The highest BCUT2D eigenvalue weighted by Gasteiger charge is 2.13. The number of hydrogen-bond acceptors (Lipinski definition) is 4. The summed E-state index contributed by atoms with van der Waals surface area (Å²) in [6.45, 7) is 1.96. The van der Waals surface area contributed by atoms with Crippen molar-refractivity contribution >= 4 is 11.9 Å². The minimum Gasteiger partial charge on any atom is -0.478 e. The van der Waals surface area contributed by atoms with Gasteiger partial charge in [0, 0.05) is 12.5 Å². The zero-order valence-electron chi connectivity index (χ0n) is 11.7. The monoisotopic (exact) mass is 279 g/mol. The van der Waals surface area contributed by atoms with Gasteiger partial charge in [0.2, 0.25) is 0 Å². The number of hydrogen-bond donors (Lipinski definition) is 2. The van der Waals surface area contributed by atoms with Crippen LogP contribution in [0, 0.1) is 0 Å². The molecule has 0 saturated carbocycles. The molecule has 5 nitrogen and oxygen atoms in total. The molecule has 3 N–H and O–H groups in total. The lowest BCUT2D eigenvalue weighted by Gasteiger charge is -2.07. The number of carboxylic acid groups (broad SMARTS) is 1. The summed E-state index contributed by atoms with van der Waals surface area (Å²) in [6.07, 6.45) is 3.85. The van der Waals surface area contributed by atoms with Crippen molar-refractivity contribution in [3.8, 4) is 5.75 Å². The highest BCUT2D eigenvalue weighted by Crippen LogP contribution is 2.18. The van der Waals surface area contributed by atoms with Crippen LogP contribution in [0.3, 0.4) is 0 Å². The summed E-state index contributed by atoms with van der Waals surface area (Å²) in [5.41, 5.74) is 5.63. The van der Waals surface area contributed by atoms with Crippen LogP contribution in [0.5, 0.6) is 5.75 Å². The molecule has 0 radical (unpaired) electrons. The Bertz CT molecular complexity index is 457. The molecular weight excluding hydrogens is 258 g/mol. The van der Waals surface area contributed by atoms with Gasteiger partial charge in [0.25, 0.3) is 0 Å². The standard InChI is InChI=1S/C15H21NO4/c1-11(16)7-3-2-4-10-14(17)20-13-9-6-5-8-12(13)15(18)19/h5-6,8-9,11H,2-4,7,10,16H2,1H3,(H,18,19). The summed E-state index contributed by atoms with van der Waals surface area (Å²) in [4.78, 5) is 22.6. The van der Waals surface area contributed by atoms with Gasteiger partial charge in [0.05, 0.1) is 0 Å². The molecule has 0 heterocycles. The summed E-state index contributed by atoms with van der Waals surface area (Å²) in [5.74, 6) is -1.41. The van der Waals surface area contributed by atoms with E-state index in [-0.39, 0.29) is 23.8 Å². The molecule has 20 heavy (non-hydrogen) atoms. The van der Waals surface area contributed by atoms with E-state index in [0.29, 0.717) is 0 Å². The third-order valence-electron chi connectivity index (χ3n) is 2.88. The fraction of sp³-hybridized carbons (Fsp3) is 0.467. The molecule has 110 valence electrons. The topological polar surface area (TPSA) is 89.6 Å². The summed E-state index contributed by atoms with van der Waals surface area (Å²) < 4.78 is 5.09. The first kappa shape index (κ1) is 16.2. The van der Waals surface area contributed by atoms with E-state index in [4.69, 9.17) is 15.6 Å². The van der Waals surface area contributed by atoms with Gasteiger partial charge in [-0.3, -0.25) is 4.79 Å². The Labute approximate surface area is 118 Å². The van der Waals surface area contributed by atoms with Crippen LogP contribution in [0.15, 0.2) is 24.3 Å². The third kappa shape index (κ3) is 5.84. The number of rotatable bonds is 8. The number of para-hydroxylation sites is 1. The number of unbranched alkanes of at least 4 members (excludes halogenated alkanes) is 2. The molecule has 5 heteroatoms. The first-order valence-electron chi connectivity index (χ1n) is 6.79.